The number of terminal acetylenes is 1. The summed E-state index contributed by atoms with van der Waals surface area (Å²) in [4.78, 5) is 56.6. The minimum absolute atomic E-state index is 0.0854. The van der Waals surface area contributed by atoms with Crippen LogP contribution in [0, 0.1) is 34.9 Å². The summed E-state index contributed by atoms with van der Waals surface area (Å²) in [5.41, 5.74) is -0.0777. The molecule has 1 aromatic carbocycles. The molecule has 2 aliphatic heterocycles. The Hall–Kier alpha value is -4.69. The molecule has 0 aliphatic carbocycles. The Labute approximate surface area is 307 Å². The minimum atomic E-state index is -4.10. The Bertz CT molecular complexity index is 1990. The van der Waals surface area contributed by atoms with Crippen molar-refractivity contribution in [3.05, 3.63) is 33.9 Å². The molecule has 52 heavy (non-hydrogen) atoms. The largest absolute Gasteiger partial charge is 0.481 e. The zero-order valence-electron chi connectivity index (χ0n) is 28.8. The summed E-state index contributed by atoms with van der Waals surface area (Å²) < 4.78 is 36.4. The van der Waals surface area contributed by atoms with Crippen LogP contribution in [0.4, 0.5) is 27.7 Å². The topological polar surface area (TPSA) is 253 Å². The average molecular weight is 782 g/mol. The number of nitrogens with one attached hydrogen (secondary N) is 3. The molecule has 0 saturated heterocycles. The van der Waals surface area contributed by atoms with Gasteiger partial charge in [0, 0.05) is 37.1 Å². The number of amides is 1. The lowest BCUT2D eigenvalue weighted by Gasteiger charge is -2.28. The van der Waals surface area contributed by atoms with E-state index in [4.69, 9.17) is 42.9 Å². The van der Waals surface area contributed by atoms with Crippen LogP contribution in [0.2, 0.25) is 5.28 Å². The number of carbonyl (C=O) groups is 2. The van der Waals surface area contributed by atoms with Crippen molar-refractivity contribution in [2.45, 2.75) is 53.1 Å². The molecule has 4 heterocycles. The fourth-order valence-corrected chi connectivity index (χ4v) is 5.83. The van der Waals surface area contributed by atoms with Crippen molar-refractivity contribution in [3.8, 4) is 24.2 Å². The van der Waals surface area contributed by atoms with Gasteiger partial charge in [-0.05, 0) is 43.9 Å². The summed E-state index contributed by atoms with van der Waals surface area (Å²) in [6.45, 7) is 10.7. The fourth-order valence-electron chi connectivity index (χ4n) is 4.51. The second kappa shape index (κ2) is 17.7. The summed E-state index contributed by atoms with van der Waals surface area (Å²) in [5.74, 6) is 2.44. The van der Waals surface area contributed by atoms with Crippen molar-refractivity contribution >= 4 is 65.9 Å². The van der Waals surface area contributed by atoms with Crippen molar-refractivity contribution in [1.82, 2.24) is 29.2 Å². The predicted octanol–water partition coefficient (Wildman–Crippen LogP) is 2.72. The van der Waals surface area contributed by atoms with Crippen LogP contribution in [-0.2, 0) is 27.1 Å². The highest BCUT2D eigenvalue weighted by Gasteiger charge is 2.31. The molecule has 6 N–H and O–H groups in total. The van der Waals surface area contributed by atoms with Crippen LogP contribution in [0.3, 0.4) is 0 Å². The van der Waals surface area contributed by atoms with E-state index >= 15 is 0 Å². The number of carboxylic acid groups (broad SMARTS) is 1. The first-order valence-electron chi connectivity index (χ1n) is 15.4. The number of hydrogen-bond acceptors (Lipinski definition) is 14. The van der Waals surface area contributed by atoms with Gasteiger partial charge in [0.05, 0.1) is 31.1 Å². The SMILES string of the molecule is C#CCN1C(=O)COc2cc(F)c(/N=c3\snc4n3CC(C)(C)C4)cc21.CCNc1nc(Cl)nc(NC(C)(C)C#N)n1.O=C(O)CNCP(=O)(O)O. The minimum Gasteiger partial charge on any atom is -0.481 e. The third-order valence-corrected chi connectivity index (χ3v) is 8.26. The van der Waals surface area contributed by atoms with Gasteiger partial charge in [0.25, 0.3) is 5.91 Å². The quantitative estimate of drug-likeness (QED) is 0.128. The molecule has 3 aromatic rings. The van der Waals surface area contributed by atoms with E-state index in [0.717, 1.165) is 18.8 Å². The van der Waals surface area contributed by atoms with Gasteiger partial charge in [0.15, 0.2) is 12.4 Å². The van der Waals surface area contributed by atoms with E-state index in [1.807, 2.05) is 11.5 Å². The number of anilines is 3. The van der Waals surface area contributed by atoms with E-state index in [2.05, 4.69) is 66.1 Å². The second-order valence-electron chi connectivity index (χ2n) is 12.5. The van der Waals surface area contributed by atoms with Gasteiger partial charge >= 0.3 is 13.6 Å². The second-order valence-corrected chi connectivity index (χ2v) is 15.2. The van der Waals surface area contributed by atoms with E-state index in [-0.39, 0.29) is 41.4 Å². The van der Waals surface area contributed by atoms with Crippen molar-refractivity contribution in [1.29, 1.82) is 5.26 Å². The molecule has 0 saturated carbocycles. The average Bonchev–Trinajstić information content (AvgIpc) is 3.53. The van der Waals surface area contributed by atoms with Gasteiger partial charge in [0.2, 0.25) is 22.0 Å². The lowest BCUT2D eigenvalue weighted by atomic mass is 9.92. The van der Waals surface area contributed by atoms with Crippen LogP contribution >= 0.6 is 30.7 Å². The Morgan fingerprint density at radius 1 is 1.29 bits per heavy atom. The fraction of sp³-hybridized carbons (Fsp3) is 0.467. The maximum Gasteiger partial charge on any atom is 0.339 e. The van der Waals surface area contributed by atoms with E-state index in [0.29, 0.717) is 28.7 Å². The number of halogens is 2. The molecule has 22 heteroatoms. The number of fused-ring (bicyclic) bond motifs is 2. The summed E-state index contributed by atoms with van der Waals surface area (Å²) in [6, 6.07) is 4.84. The normalized spacial score (nSPS) is 14.6. The number of aromatic nitrogens is 5. The maximum atomic E-state index is 14.5. The number of hydrogen-bond donors (Lipinski definition) is 6. The molecule has 0 unspecified atom stereocenters. The number of carboxylic acids is 1. The monoisotopic (exact) mass is 781 g/mol. The number of nitriles is 1. The number of carbonyl (C=O) groups excluding carboxylic acids is 1. The first-order chi connectivity index (χ1) is 24.3. The summed E-state index contributed by atoms with van der Waals surface area (Å²) in [6.07, 6.45) is 5.62. The standard InChI is InChI=1S/C18H17FN4O2S.C9H13ClN6.C3H8NO5P/c1-4-5-22-13-7-12(11(19)6-14(13)25-9-16(22)24)20-17-23-10-18(2,3)8-15(23)21-26-17;1-4-12-7-13-6(10)14-8(15-7)16-9(2,3)5-11;5-3(6)1-4-2-10(7,8)9/h1,6-7H,5,8-10H2,2-3H3;4H2,1-3H3,(H2,12,13,14,15,16);4H,1-2H2,(H,5,6)(H2,7,8,9)/b20-17-;;. The Kier molecular flexibility index (Phi) is 14.2. The highest BCUT2D eigenvalue weighted by molar-refractivity contribution is 7.51. The molecule has 0 atom stereocenters. The van der Waals surface area contributed by atoms with Gasteiger partial charge < -0.3 is 34.8 Å². The summed E-state index contributed by atoms with van der Waals surface area (Å²) in [7, 11) is -4.10. The highest BCUT2D eigenvalue weighted by atomic mass is 35.5. The third kappa shape index (κ3) is 12.5. The number of ether oxygens (including phenoxy) is 1. The third-order valence-electron chi connectivity index (χ3n) is 6.68. The number of rotatable bonds is 10. The molecule has 2 aromatic heterocycles. The maximum absolute atomic E-state index is 14.5. The van der Waals surface area contributed by atoms with Gasteiger partial charge in [-0.15, -0.1) is 6.42 Å². The van der Waals surface area contributed by atoms with Crippen LogP contribution in [0.25, 0.3) is 0 Å². The summed E-state index contributed by atoms with van der Waals surface area (Å²) >= 11 is 6.97. The highest BCUT2D eigenvalue weighted by Crippen LogP contribution is 2.37. The van der Waals surface area contributed by atoms with E-state index in [1.54, 1.807) is 13.8 Å². The lowest BCUT2D eigenvalue weighted by molar-refractivity contribution is -0.135. The van der Waals surface area contributed by atoms with Crippen LogP contribution in [0.5, 0.6) is 5.75 Å². The zero-order chi connectivity index (χ0) is 38.9. The van der Waals surface area contributed by atoms with Crippen molar-refractivity contribution < 1.29 is 38.2 Å². The summed E-state index contributed by atoms with van der Waals surface area (Å²) in [5, 5.41) is 24.8. The Morgan fingerprint density at radius 2 is 1.98 bits per heavy atom. The van der Waals surface area contributed by atoms with Gasteiger partial charge in [-0.25, -0.2) is 9.38 Å². The lowest BCUT2D eigenvalue weighted by Crippen LogP contribution is -2.39. The zero-order valence-corrected chi connectivity index (χ0v) is 31.3. The molecule has 1 amide bonds. The van der Waals surface area contributed by atoms with Crippen LogP contribution in [0.15, 0.2) is 17.1 Å². The number of aliphatic carboxylic acids is 1. The van der Waals surface area contributed by atoms with Gasteiger partial charge in [-0.2, -0.15) is 24.6 Å². The molecular weight excluding hydrogens is 744 g/mol. The molecule has 0 spiro atoms. The van der Waals surface area contributed by atoms with E-state index < -0.39 is 37.8 Å². The molecule has 280 valence electrons. The van der Waals surface area contributed by atoms with Crippen LogP contribution in [-0.4, -0.2) is 88.7 Å². The van der Waals surface area contributed by atoms with Crippen LogP contribution in [0.1, 0.15) is 40.4 Å². The Balaban J connectivity index is 0.000000240. The van der Waals surface area contributed by atoms with Gasteiger partial charge in [0.1, 0.15) is 22.8 Å². The van der Waals surface area contributed by atoms with Crippen molar-refractivity contribution in [3.63, 3.8) is 0 Å². The molecular formula is C30H38ClFN11O7PS. The smallest absolute Gasteiger partial charge is 0.339 e. The predicted molar refractivity (Wildman–Crippen MR) is 191 cm³/mol. The van der Waals surface area contributed by atoms with E-state index in [9.17, 15) is 18.5 Å². The number of nitrogens with zero attached hydrogens (tertiary/aromatic N) is 8. The van der Waals surface area contributed by atoms with Crippen molar-refractivity contribution in [2.75, 3.05) is 48.1 Å². The van der Waals surface area contributed by atoms with Crippen LogP contribution < -0.4 is 30.4 Å². The molecule has 18 nitrogen and oxygen atoms in total. The van der Waals surface area contributed by atoms with Crippen molar-refractivity contribution in [2.24, 2.45) is 10.4 Å². The molecule has 0 radical (unpaired) electrons. The first-order valence-corrected chi connectivity index (χ1v) is 18.3. The molecule has 0 fully saturated rings. The molecule has 2 aliphatic rings. The molecule has 0 bridgehead atoms. The molecule has 5 rings (SSSR count). The Morgan fingerprint density at radius 3 is 2.60 bits per heavy atom. The van der Waals surface area contributed by atoms with E-state index in [1.165, 1.54) is 28.6 Å². The first kappa shape index (κ1) is 41.7. The number of benzene rings is 1. The van der Waals surface area contributed by atoms with Gasteiger partial charge in [-0.1, -0.05) is 19.8 Å². The van der Waals surface area contributed by atoms with Gasteiger partial charge in [-0.3, -0.25) is 24.4 Å².